The lowest BCUT2D eigenvalue weighted by molar-refractivity contribution is 0.252. The van der Waals surface area contributed by atoms with E-state index in [4.69, 9.17) is 4.74 Å². The Kier molecular flexibility index (Phi) is 5.42. The lowest BCUT2D eigenvalue weighted by Gasteiger charge is -2.09. The highest BCUT2D eigenvalue weighted by Crippen LogP contribution is 2.23. The first-order valence-electron chi connectivity index (χ1n) is 9.44. The summed E-state index contributed by atoms with van der Waals surface area (Å²) in [4.78, 5) is 20.1. The molecule has 146 valence electrons. The van der Waals surface area contributed by atoms with Gasteiger partial charge in [-0.3, -0.25) is 0 Å². The second-order valence-electron chi connectivity index (χ2n) is 6.66. The van der Waals surface area contributed by atoms with Crippen molar-refractivity contribution in [3.8, 4) is 17.1 Å². The van der Waals surface area contributed by atoms with E-state index in [2.05, 4.69) is 20.6 Å². The molecule has 2 amide bonds. The second kappa shape index (κ2) is 8.48. The molecule has 1 aromatic heterocycles. The number of hydrogen-bond acceptors (Lipinski definition) is 3. The van der Waals surface area contributed by atoms with E-state index in [1.54, 1.807) is 7.11 Å². The van der Waals surface area contributed by atoms with Gasteiger partial charge in [0, 0.05) is 17.8 Å². The number of carbonyl (C=O) groups excluding carboxylic acids is 1. The number of anilines is 1. The fourth-order valence-electron chi connectivity index (χ4n) is 3.12. The number of H-pyrrole nitrogens is 1. The molecule has 3 aromatic carbocycles. The number of methoxy groups -OCH3 is 1. The minimum absolute atomic E-state index is 0.236. The maximum absolute atomic E-state index is 12.2. The van der Waals surface area contributed by atoms with E-state index in [0.29, 0.717) is 12.2 Å². The zero-order valence-electron chi connectivity index (χ0n) is 16.1. The lowest BCUT2D eigenvalue weighted by Crippen LogP contribution is -2.30. The standard InChI is InChI=1S/C23H22N4O2/c1-29-19-11-9-16(10-12-19)13-14-24-23(28)25-18-6-4-5-17(15-18)22-26-20-7-2-3-8-21(20)27-22/h2-12,15H,13-14H2,1H3,(H,26,27)(H2,24,25,28). The molecule has 4 aromatic rings. The van der Waals surface area contributed by atoms with Gasteiger partial charge < -0.3 is 20.4 Å². The molecule has 0 saturated heterocycles. The van der Waals surface area contributed by atoms with E-state index >= 15 is 0 Å². The van der Waals surface area contributed by atoms with Gasteiger partial charge in [-0.1, -0.05) is 36.4 Å². The number of imidazole rings is 1. The predicted molar refractivity (Wildman–Crippen MR) is 115 cm³/mol. The highest BCUT2D eigenvalue weighted by Gasteiger charge is 2.07. The summed E-state index contributed by atoms with van der Waals surface area (Å²) in [5.41, 5.74) is 4.66. The number of para-hydroxylation sites is 2. The largest absolute Gasteiger partial charge is 0.497 e. The predicted octanol–water partition coefficient (Wildman–Crippen LogP) is 4.60. The fourth-order valence-corrected chi connectivity index (χ4v) is 3.12. The maximum Gasteiger partial charge on any atom is 0.319 e. The van der Waals surface area contributed by atoms with Gasteiger partial charge in [0.05, 0.1) is 18.1 Å². The highest BCUT2D eigenvalue weighted by molar-refractivity contribution is 5.90. The van der Waals surface area contributed by atoms with E-state index in [0.717, 1.165) is 40.2 Å². The van der Waals surface area contributed by atoms with E-state index < -0.39 is 0 Å². The van der Waals surface area contributed by atoms with Gasteiger partial charge in [-0.25, -0.2) is 9.78 Å². The second-order valence-corrected chi connectivity index (χ2v) is 6.66. The normalized spacial score (nSPS) is 10.7. The fraction of sp³-hybridized carbons (Fsp3) is 0.130. The third kappa shape index (κ3) is 4.55. The van der Waals surface area contributed by atoms with Gasteiger partial charge in [0.25, 0.3) is 0 Å². The van der Waals surface area contributed by atoms with Crippen LogP contribution in [0.4, 0.5) is 10.5 Å². The molecule has 0 atom stereocenters. The number of fused-ring (bicyclic) bond motifs is 1. The minimum Gasteiger partial charge on any atom is -0.497 e. The number of aromatic nitrogens is 2. The zero-order chi connectivity index (χ0) is 20.1. The van der Waals surface area contributed by atoms with Crippen LogP contribution in [-0.4, -0.2) is 29.7 Å². The molecule has 0 aliphatic rings. The average Bonchev–Trinajstić information content (AvgIpc) is 3.19. The summed E-state index contributed by atoms with van der Waals surface area (Å²) in [5, 5.41) is 5.76. The van der Waals surface area contributed by atoms with Crippen molar-refractivity contribution in [2.75, 3.05) is 19.0 Å². The number of urea groups is 1. The quantitative estimate of drug-likeness (QED) is 0.453. The first-order chi connectivity index (χ1) is 14.2. The molecule has 1 heterocycles. The first kappa shape index (κ1) is 18.6. The van der Waals surface area contributed by atoms with Crippen LogP contribution in [0.25, 0.3) is 22.4 Å². The molecule has 0 aliphatic heterocycles. The molecule has 0 aliphatic carbocycles. The Hall–Kier alpha value is -3.80. The zero-order valence-corrected chi connectivity index (χ0v) is 16.1. The number of carbonyl (C=O) groups is 1. The van der Waals surface area contributed by atoms with Gasteiger partial charge in [0.15, 0.2) is 0 Å². The Bertz CT molecular complexity index is 1090. The monoisotopic (exact) mass is 386 g/mol. The number of nitrogens with zero attached hydrogens (tertiary/aromatic N) is 1. The molecular formula is C23H22N4O2. The van der Waals surface area contributed by atoms with E-state index in [9.17, 15) is 4.79 Å². The topological polar surface area (TPSA) is 79.0 Å². The smallest absolute Gasteiger partial charge is 0.319 e. The van der Waals surface area contributed by atoms with Crippen LogP contribution in [0, 0.1) is 0 Å². The SMILES string of the molecule is COc1ccc(CCNC(=O)Nc2cccc(-c3nc4ccccc4[nH]3)c2)cc1. The van der Waals surface area contributed by atoms with Crippen molar-refractivity contribution in [2.45, 2.75) is 6.42 Å². The van der Waals surface area contributed by atoms with Crippen LogP contribution in [0.15, 0.2) is 72.8 Å². The summed E-state index contributed by atoms with van der Waals surface area (Å²) < 4.78 is 5.15. The highest BCUT2D eigenvalue weighted by atomic mass is 16.5. The molecule has 6 nitrogen and oxygen atoms in total. The van der Waals surface area contributed by atoms with Crippen LogP contribution in [0.2, 0.25) is 0 Å². The number of nitrogens with one attached hydrogen (secondary N) is 3. The van der Waals surface area contributed by atoms with Crippen molar-refractivity contribution in [3.05, 3.63) is 78.4 Å². The number of benzene rings is 3. The van der Waals surface area contributed by atoms with Crippen molar-refractivity contribution in [2.24, 2.45) is 0 Å². The average molecular weight is 386 g/mol. The Morgan fingerprint density at radius 2 is 1.86 bits per heavy atom. The van der Waals surface area contributed by atoms with E-state index in [1.807, 2.05) is 72.8 Å². The summed E-state index contributed by atoms with van der Waals surface area (Å²) in [6.07, 6.45) is 0.746. The Morgan fingerprint density at radius 3 is 2.66 bits per heavy atom. The number of ether oxygens (including phenoxy) is 1. The van der Waals surface area contributed by atoms with Gasteiger partial charge in [-0.2, -0.15) is 0 Å². The van der Waals surface area contributed by atoms with Crippen LogP contribution in [-0.2, 0) is 6.42 Å². The lowest BCUT2D eigenvalue weighted by atomic mass is 10.1. The Labute approximate surface area is 168 Å². The molecule has 0 fully saturated rings. The minimum atomic E-state index is -0.236. The van der Waals surface area contributed by atoms with Crippen LogP contribution in [0.1, 0.15) is 5.56 Å². The molecule has 0 spiro atoms. The molecule has 0 saturated carbocycles. The molecule has 29 heavy (non-hydrogen) atoms. The molecular weight excluding hydrogens is 364 g/mol. The summed E-state index contributed by atoms with van der Waals surface area (Å²) in [6, 6.07) is 23.1. The molecule has 3 N–H and O–H groups in total. The van der Waals surface area contributed by atoms with Gasteiger partial charge in [-0.05, 0) is 48.4 Å². The molecule has 0 bridgehead atoms. The van der Waals surface area contributed by atoms with Crippen molar-refractivity contribution in [1.82, 2.24) is 15.3 Å². The first-order valence-corrected chi connectivity index (χ1v) is 9.44. The molecule has 4 rings (SSSR count). The van der Waals surface area contributed by atoms with Crippen molar-refractivity contribution < 1.29 is 9.53 Å². The maximum atomic E-state index is 12.2. The van der Waals surface area contributed by atoms with Gasteiger partial charge in [0.1, 0.15) is 11.6 Å². The van der Waals surface area contributed by atoms with Gasteiger partial charge in [-0.15, -0.1) is 0 Å². The Balaban J connectivity index is 1.35. The summed E-state index contributed by atoms with van der Waals surface area (Å²) in [7, 11) is 1.64. The number of hydrogen-bond donors (Lipinski definition) is 3. The molecule has 6 heteroatoms. The molecule has 0 unspecified atom stereocenters. The third-order valence-corrected chi connectivity index (χ3v) is 4.64. The Morgan fingerprint density at radius 1 is 1.03 bits per heavy atom. The third-order valence-electron chi connectivity index (χ3n) is 4.64. The summed E-state index contributed by atoms with van der Waals surface area (Å²) in [5.74, 6) is 1.60. The molecule has 0 radical (unpaired) electrons. The van der Waals surface area contributed by atoms with Crippen molar-refractivity contribution in [1.29, 1.82) is 0 Å². The van der Waals surface area contributed by atoms with Crippen LogP contribution in [0.3, 0.4) is 0 Å². The van der Waals surface area contributed by atoms with E-state index in [-0.39, 0.29) is 6.03 Å². The number of aromatic amines is 1. The van der Waals surface area contributed by atoms with Crippen molar-refractivity contribution in [3.63, 3.8) is 0 Å². The van der Waals surface area contributed by atoms with Crippen molar-refractivity contribution >= 4 is 22.8 Å². The summed E-state index contributed by atoms with van der Waals surface area (Å²) >= 11 is 0. The van der Waals surface area contributed by atoms with Crippen LogP contribution >= 0.6 is 0 Å². The van der Waals surface area contributed by atoms with E-state index in [1.165, 1.54) is 0 Å². The number of rotatable bonds is 6. The van der Waals surface area contributed by atoms with Crippen LogP contribution in [0.5, 0.6) is 5.75 Å². The van der Waals surface area contributed by atoms with Gasteiger partial charge >= 0.3 is 6.03 Å². The van der Waals surface area contributed by atoms with Crippen LogP contribution < -0.4 is 15.4 Å². The summed E-state index contributed by atoms with van der Waals surface area (Å²) in [6.45, 7) is 0.543. The van der Waals surface area contributed by atoms with Gasteiger partial charge in [0.2, 0.25) is 0 Å². The number of amides is 2.